The number of hydrogen-bond donors (Lipinski definition) is 1. The summed E-state index contributed by atoms with van der Waals surface area (Å²) in [6.07, 6.45) is 0.588. The highest BCUT2D eigenvalue weighted by atomic mass is 16.7. The van der Waals surface area contributed by atoms with Gasteiger partial charge in [0.1, 0.15) is 12.2 Å². The Labute approximate surface area is 102 Å². The van der Waals surface area contributed by atoms with Crippen LogP contribution in [0.4, 0.5) is 0 Å². The van der Waals surface area contributed by atoms with Gasteiger partial charge in [-0.05, 0) is 26.2 Å². The van der Waals surface area contributed by atoms with Crippen molar-refractivity contribution in [2.75, 3.05) is 19.8 Å². The van der Waals surface area contributed by atoms with E-state index >= 15 is 0 Å². The lowest BCUT2D eigenvalue weighted by Crippen LogP contribution is -2.41. The van der Waals surface area contributed by atoms with Crippen molar-refractivity contribution in [2.24, 2.45) is 5.92 Å². The molecule has 1 amide bonds. The molecule has 2 aliphatic rings. The molecule has 2 saturated heterocycles. The number of rotatable bonds is 3. The Balaban J connectivity index is 1.73. The summed E-state index contributed by atoms with van der Waals surface area (Å²) >= 11 is 0. The van der Waals surface area contributed by atoms with Crippen LogP contribution in [0.1, 0.15) is 27.2 Å². The van der Waals surface area contributed by atoms with Gasteiger partial charge in [-0.1, -0.05) is 6.92 Å². The molecule has 0 aromatic rings. The SMILES string of the molecule is CC1CCOC1C(=O)NCC1COC(C)(C)O1. The van der Waals surface area contributed by atoms with E-state index in [1.54, 1.807) is 0 Å². The van der Waals surface area contributed by atoms with E-state index in [4.69, 9.17) is 14.2 Å². The zero-order chi connectivity index (χ0) is 12.5. The van der Waals surface area contributed by atoms with Crippen LogP contribution in [-0.4, -0.2) is 43.7 Å². The van der Waals surface area contributed by atoms with E-state index < -0.39 is 5.79 Å². The molecule has 0 aromatic carbocycles. The van der Waals surface area contributed by atoms with Gasteiger partial charge in [-0.25, -0.2) is 0 Å². The van der Waals surface area contributed by atoms with Gasteiger partial charge in [0.05, 0.1) is 6.61 Å². The fraction of sp³-hybridized carbons (Fsp3) is 0.917. The number of nitrogens with one attached hydrogen (secondary N) is 1. The van der Waals surface area contributed by atoms with Gasteiger partial charge in [0.25, 0.3) is 0 Å². The summed E-state index contributed by atoms with van der Waals surface area (Å²) < 4.78 is 16.4. The van der Waals surface area contributed by atoms with Gasteiger partial charge in [-0.3, -0.25) is 4.79 Å². The first-order valence-electron chi connectivity index (χ1n) is 6.19. The predicted octanol–water partition coefficient (Wildman–Crippen LogP) is 0.679. The molecule has 3 unspecified atom stereocenters. The molecule has 5 heteroatoms. The van der Waals surface area contributed by atoms with Crippen molar-refractivity contribution in [1.29, 1.82) is 0 Å². The summed E-state index contributed by atoms with van der Waals surface area (Å²) in [6.45, 7) is 7.46. The van der Waals surface area contributed by atoms with Gasteiger partial charge < -0.3 is 19.5 Å². The van der Waals surface area contributed by atoms with Crippen LogP contribution in [-0.2, 0) is 19.0 Å². The second kappa shape index (κ2) is 4.92. The summed E-state index contributed by atoms with van der Waals surface area (Å²) in [7, 11) is 0. The summed E-state index contributed by atoms with van der Waals surface area (Å²) in [5.41, 5.74) is 0. The molecule has 17 heavy (non-hydrogen) atoms. The van der Waals surface area contributed by atoms with Crippen LogP contribution in [0.15, 0.2) is 0 Å². The maximum absolute atomic E-state index is 11.8. The smallest absolute Gasteiger partial charge is 0.249 e. The van der Waals surface area contributed by atoms with E-state index in [-0.39, 0.29) is 18.1 Å². The lowest BCUT2D eigenvalue weighted by Gasteiger charge is -2.18. The number of hydrogen-bond acceptors (Lipinski definition) is 4. The minimum Gasteiger partial charge on any atom is -0.368 e. The van der Waals surface area contributed by atoms with E-state index in [0.717, 1.165) is 6.42 Å². The first kappa shape index (κ1) is 12.8. The fourth-order valence-electron chi connectivity index (χ4n) is 2.21. The lowest BCUT2D eigenvalue weighted by atomic mass is 10.0. The number of amides is 1. The van der Waals surface area contributed by atoms with Crippen molar-refractivity contribution < 1.29 is 19.0 Å². The summed E-state index contributed by atoms with van der Waals surface area (Å²) in [5, 5.41) is 2.87. The normalized spacial score (nSPS) is 36.1. The molecule has 0 bridgehead atoms. The highest BCUT2D eigenvalue weighted by Crippen LogP contribution is 2.22. The maximum Gasteiger partial charge on any atom is 0.249 e. The third-order valence-corrected chi connectivity index (χ3v) is 3.22. The van der Waals surface area contributed by atoms with Crippen LogP contribution in [0, 0.1) is 5.92 Å². The van der Waals surface area contributed by atoms with Gasteiger partial charge in [0.15, 0.2) is 5.79 Å². The third kappa shape index (κ3) is 3.18. The molecule has 0 aromatic heterocycles. The van der Waals surface area contributed by atoms with Crippen LogP contribution >= 0.6 is 0 Å². The van der Waals surface area contributed by atoms with E-state index in [0.29, 0.717) is 25.7 Å². The molecular weight excluding hydrogens is 222 g/mol. The van der Waals surface area contributed by atoms with E-state index in [1.165, 1.54) is 0 Å². The molecule has 0 aliphatic carbocycles. The molecule has 2 aliphatic heterocycles. The zero-order valence-electron chi connectivity index (χ0n) is 10.7. The van der Waals surface area contributed by atoms with Crippen LogP contribution in [0.5, 0.6) is 0 Å². The predicted molar refractivity (Wildman–Crippen MR) is 61.4 cm³/mol. The van der Waals surface area contributed by atoms with E-state index in [1.807, 2.05) is 20.8 Å². The van der Waals surface area contributed by atoms with Gasteiger partial charge in [0, 0.05) is 13.2 Å². The Hall–Kier alpha value is -0.650. The van der Waals surface area contributed by atoms with Crippen molar-refractivity contribution in [3.8, 4) is 0 Å². The van der Waals surface area contributed by atoms with Crippen molar-refractivity contribution in [3.05, 3.63) is 0 Å². The van der Waals surface area contributed by atoms with Gasteiger partial charge in [-0.15, -0.1) is 0 Å². The monoisotopic (exact) mass is 243 g/mol. The van der Waals surface area contributed by atoms with Crippen molar-refractivity contribution in [2.45, 2.75) is 45.2 Å². The summed E-state index contributed by atoms with van der Waals surface area (Å²) in [4.78, 5) is 11.8. The Morgan fingerprint density at radius 2 is 2.24 bits per heavy atom. The van der Waals surface area contributed by atoms with E-state index in [2.05, 4.69) is 5.32 Å². The molecule has 1 N–H and O–H groups in total. The first-order valence-corrected chi connectivity index (χ1v) is 6.19. The van der Waals surface area contributed by atoms with Crippen molar-refractivity contribution >= 4 is 5.91 Å². The standard InChI is InChI=1S/C12H21NO4/c1-8-4-5-15-10(8)11(14)13-6-9-7-16-12(2,3)17-9/h8-10H,4-7H2,1-3H3,(H,13,14). The molecular formula is C12H21NO4. The second-order valence-corrected chi connectivity index (χ2v) is 5.25. The second-order valence-electron chi connectivity index (χ2n) is 5.25. The molecule has 0 spiro atoms. The van der Waals surface area contributed by atoms with Crippen LogP contribution in [0.25, 0.3) is 0 Å². The zero-order valence-corrected chi connectivity index (χ0v) is 10.7. The van der Waals surface area contributed by atoms with Gasteiger partial charge >= 0.3 is 0 Å². The molecule has 98 valence electrons. The van der Waals surface area contributed by atoms with Gasteiger partial charge in [-0.2, -0.15) is 0 Å². The maximum atomic E-state index is 11.8. The topological polar surface area (TPSA) is 56.8 Å². The van der Waals surface area contributed by atoms with Crippen molar-refractivity contribution in [3.63, 3.8) is 0 Å². The first-order chi connectivity index (χ1) is 7.98. The quantitative estimate of drug-likeness (QED) is 0.792. The number of carbonyl (C=O) groups is 1. The fourth-order valence-corrected chi connectivity index (χ4v) is 2.21. The third-order valence-electron chi connectivity index (χ3n) is 3.22. The minimum absolute atomic E-state index is 0.0386. The summed E-state index contributed by atoms with van der Waals surface area (Å²) in [5.74, 6) is -0.275. The molecule has 3 atom stereocenters. The van der Waals surface area contributed by atoms with E-state index in [9.17, 15) is 4.79 Å². The lowest BCUT2D eigenvalue weighted by molar-refractivity contribution is -0.141. The Morgan fingerprint density at radius 1 is 1.47 bits per heavy atom. The number of ether oxygens (including phenoxy) is 3. The Kier molecular flexibility index (Phi) is 3.70. The molecule has 0 radical (unpaired) electrons. The molecule has 0 saturated carbocycles. The molecule has 2 fully saturated rings. The molecule has 2 rings (SSSR count). The van der Waals surface area contributed by atoms with Crippen LogP contribution in [0.3, 0.4) is 0 Å². The van der Waals surface area contributed by atoms with Gasteiger partial charge in [0.2, 0.25) is 5.91 Å². The average molecular weight is 243 g/mol. The minimum atomic E-state index is -0.535. The average Bonchev–Trinajstić information content (AvgIpc) is 2.81. The highest BCUT2D eigenvalue weighted by Gasteiger charge is 2.34. The van der Waals surface area contributed by atoms with Crippen LogP contribution in [0.2, 0.25) is 0 Å². The largest absolute Gasteiger partial charge is 0.368 e. The molecule has 5 nitrogen and oxygen atoms in total. The van der Waals surface area contributed by atoms with Crippen LogP contribution < -0.4 is 5.32 Å². The van der Waals surface area contributed by atoms with Crippen molar-refractivity contribution in [1.82, 2.24) is 5.32 Å². The Morgan fingerprint density at radius 3 is 2.76 bits per heavy atom. The number of carbonyl (C=O) groups excluding carboxylic acids is 1. The molecule has 2 heterocycles. The summed E-state index contributed by atoms with van der Waals surface area (Å²) in [6, 6.07) is 0. The Bertz CT molecular complexity index is 292. The highest BCUT2D eigenvalue weighted by molar-refractivity contribution is 5.81.